The number of hydrogen-bond donors (Lipinski definition) is 2. The van der Waals surface area contributed by atoms with Crippen LogP contribution in [0.1, 0.15) is 42.1 Å². The average Bonchev–Trinajstić information content (AvgIpc) is 2.97. The first-order valence-corrected chi connectivity index (χ1v) is 7.31. The summed E-state index contributed by atoms with van der Waals surface area (Å²) in [5, 5.41) is 17.1. The zero-order valence-corrected chi connectivity index (χ0v) is 12.3. The van der Waals surface area contributed by atoms with Gasteiger partial charge in [-0.15, -0.1) is 0 Å². The van der Waals surface area contributed by atoms with Gasteiger partial charge in [0.15, 0.2) is 0 Å². The first kappa shape index (κ1) is 11.4. The summed E-state index contributed by atoms with van der Waals surface area (Å²) in [6.45, 7) is -0.693. The highest BCUT2D eigenvalue weighted by Crippen LogP contribution is 2.31. The molecule has 2 aromatic rings. The maximum Gasteiger partial charge on any atom is 0.227 e. The fourth-order valence-corrected chi connectivity index (χ4v) is 2.65. The average molecular weight is 303 g/mol. The molecule has 1 unspecified atom stereocenters. The number of amides is 1. The molecule has 1 amide bonds. The molecular formula is C16H20N4O2. The van der Waals surface area contributed by atoms with Crippen LogP contribution in [0.25, 0.3) is 11.3 Å². The summed E-state index contributed by atoms with van der Waals surface area (Å²) >= 11 is 0. The Balaban J connectivity index is 2.18. The number of aromatic nitrogens is 3. The second-order valence-electron chi connectivity index (χ2n) is 5.63. The summed E-state index contributed by atoms with van der Waals surface area (Å²) in [5.74, 6) is -0.461. The van der Waals surface area contributed by atoms with Crippen molar-refractivity contribution >= 4 is 11.6 Å². The molecule has 6 nitrogen and oxygen atoms in total. The van der Waals surface area contributed by atoms with Crippen LogP contribution in [0.15, 0.2) is 24.5 Å². The molecule has 2 atom stereocenters. The molecule has 1 aliphatic heterocycles. The SMILES string of the molecule is [2H]C([2H])([2H])n1ncc2c1-c1ccnc(c1)C(O)CCC[C@@H](C)C(=O)N2. The maximum absolute atomic E-state index is 12.4. The second kappa shape index (κ2) is 5.88. The van der Waals surface area contributed by atoms with E-state index in [0.29, 0.717) is 36.2 Å². The van der Waals surface area contributed by atoms with Crippen LogP contribution in [0, 0.1) is 5.92 Å². The van der Waals surface area contributed by atoms with Gasteiger partial charge in [-0.1, -0.05) is 6.92 Å². The van der Waals surface area contributed by atoms with Crippen molar-refractivity contribution in [2.24, 2.45) is 12.9 Å². The molecule has 0 saturated carbocycles. The lowest BCUT2D eigenvalue weighted by Gasteiger charge is -2.17. The smallest absolute Gasteiger partial charge is 0.227 e. The third-order valence-electron chi connectivity index (χ3n) is 3.99. The molecule has 2 aromatic heterocycles. The number of anilines is 1. The molecule has 3 rings (SSSR count). The number of hydrogen-bond acceptors (Lipinski definition) is 4. The molecule has 0 fully saturated rings. The molecule has 0 aromatic carbocycles. The highest BCUT2D eigenvalue weighted by molar-refractivity contribution is 5.95. The molecule has 2 bridgehead atoms. The molecule has 22 heavy (non-hydrogen) atoms. The third kappa shape index (κ3) is 2.74. The molecular weight excluding hydrogens is 280 g/mol. The van der Waals surface area contributed by atoms with E-state index in [4.69, 9.17) is 4.11 Å². The van der Waals surface area contributed by atoms with E-state index < -0.39 is 13.1 Å². The normalized spacial score (nSPS) is 24.8. The van der Waals surface area contributed by atoms with Crippen LogP contribution in [-0.2, 0) is 11.8 Å². The van der Waals surface area contributed by atoms with E-state index in [1.54, 1.807) is 19.1 Å². The van der Waals surface area contributed by atoms with Gasteiger partial charge in [0.05, 0.1) is 29.4 Å². The molecule has 1 aliphatic rings. The number of fused-ring (bicyclic) bond motifs is 4. The molecule has 2 N–H and O–H groups in total. The molecule has 6 heteroatoms. The van der Waals surface area contributed by atoms with Crippen molar-refractivity contribution in [3.05, 3.63) is 30.2 Å². The number of carbonyl (C=O) groups excluding carboxylic acids is 1. The lowest BCUT2D eigenvalue weighted by molar-refractivity contribution is -0.119. The van der Waals surface area contributed by atoms with Crippen LogP contribution in [0.5, 0.6) is 0 Å². The van der Waals surface area contributed by atoms with Crippen molar-refractivity contribution in [1.82, 2.24) is 14.8 Å². The standard InChI is InChI=1S/C16H20N4O2/c1-10-4-3-5-14(21)12-8-11(6-7-17-12)15-13(19-16(10)22)9-18-20(15)2/h6-10,14,21H,3-5H2,1-2H3,(H,19,22)/t10-,14?/m1/s1/i2D3. The van der Waals surface area contributed by atoms with Gasteiger partial charge in [0.2, 0.25) is 5.91 Å². The van der Waals surface area contributed by atoms with Crippen LogP contribution in [0.4, 0.5) is 5.69 Å². The van der Waals surface area contributed by atoms with Gasteiger partial charge in [0.25, 0.3) is 0 Å². The maximum atomic E-state index is 12.4. The Morgan fingerprint density at radius 2 is 2.36 bits per heavy atom. The van der Waals surface area contributed by atoms with Gasteiger partial charge in [-0.3, -0.25) is 14.5 Å². The summed E-state index contributed by atoms with van der Waals surface area (Å²) in [4.78, 5) is 16.6. The van der Waals surface area contributed by atoms with Gasteiger partial charge >= 0.3 is 0 Å². The van der Waals surface area contributed by atoms with Crippen molar-refractivity contribution < 1.29 is 14.0 Å². The summed E-state index contributed by atoms with van der Waals surface area (Å²) in [7, 11) is 0. The number of nitrogens with one attached hydrogen (secondary N) is 1. The number of aliphatic hydroxyl groups excluding tert-OH is 1. The zero-order valence-electron chi connectivity index (χ0n) is 15.3. The quantitative estimate of drug-likeness (QED) is 0.782. The minimum Gasteiger partial charge on any atom is -0.387 e. The molecule has 0 aliphatic carbocycles. The topological polar surface area (TPSA) is 80.0 Å². The number of aryl methyl sites for hydroxylation is 1. The van der Waals surface area contributed by atoms with Crippen LogP contribution in [0.3, 0.4) is 0 Å². The lowest BCUT2D eigenvalue weighted by Crippen LogP contribution is -2.21. The Labute approximate surface area is 133 Å². The van der Waals surface area contributed by atoms with E-state index in [-0.39, 0.29) is 17.5 Å². The Morgan fingerprint density at radius 3 is 3.18 bits per heavy atom. The minimum atomic E-state index is -2.50. The van der Waals surface area contributed by atoms with Gasteiger partial charge in [0, 0.05) is 28.8 Å². The third-order valence-corrected chi connectivity index (χ3v) is 3.99. The Morgan fingerprint density at radius 1 is 1.50 bits per heavy atom. The molecule has 3 heterocycles. The number of aliphatic hydroxyl groups is 1. The van der Waals surface area contributed by atoms with E-state index in [1.807, 2.05) is 0 Å². The van der Waals surface area contributed by atoms with E-state index in [9.17, 15) is 9.90 Å². The fourth-order valence-electron chi connectivity index (χ4n) is 2.65. The van der Waals surface area contributed by atoms with Gasteiger partial charge in [-0.05, 0) is 31.4 Å². The van der Waals surface area contributed by atoms with E-state index in [2.05, 4.69) is 15.4 Å². The van der Waals surface area contributed by atoms with Crippen molar-refractivity contribution in [2.45, 2.75) is 32.3 Å². The van der Waals surface area contributed by atoms with E-state index in [1.165, 1.54) is 12.4 Å². The van der Waals surface area contributed by atoms with Crippen molar-refractivity contribution in [1.29, 1.82) is 0 Å². The minimum absolute atomic E-state index is 0.198. The monoisotopic (exact) mass is 303 g/mol. The highest BCUT2D eigenvalue weighted by Gasteiger charge is 2.20. The first-order chi connectivity index (χ1) is 11.8. The molecule has 0 spiro atoms. The second-order valence-corrected chi connectivity index (χ2v) is 5.63. The predicted octanol–water partition coefficient (Wildman–Crippen LogP) is 2.27. The highest BCUT2D eigenvalue weighted by atomic mass is 16.3. The van der Waals surface area contributed by atoms with E-state index in [0.717, 1.165) is 4.68 Å². The summed E-state index contributed by atoms with van der Waals surface area (Å²) in [5.41, 5.74) is 1.61. The molecule has 0 saturated heterocycles. The summed E-state index contributed by atoms with van der Waals surface area (Å²) in [6.07, 6.45) is 3.88. The van der Waals surface area contributed by atoms with Crippen LogP contribution in [-0.4, -0.2) is 25.8 Å². The predicted molar refractivity (Wildman–Crippen MR) is 83.0 cm³/mol. The van der Waals surface area contributed by atoms with Crippen LogP contribution in [0.2, 0.25) is 0 Å². The fraction of sp³-hybridized carbons (Fsp3) is 0.438. The lowest BCUT2D eigenvalue weighted by atomic mass is 9.98. The van der Waals surface area contributed by atoms with Gasteiger partial charge < -0.3 is 10.4 Å². The summed E-state index contributed by atoms with van der Waals surface area (Å²) in [6, 6.07) is 3.28. The van der Waals surface area contributed by atoms with Crippen LogP contribution >= 0.6 is 0 Å². The molecule has 116 valence electrons. The Bertz CT molecular complexity index is 788. The number of rotatable bonds is 0. The zero-order chi connectivity index (χ0) is 18.2. The van der Waals surface area contributed by atoms with Crippen molar-refractivity contribution in [2.75, 3.05) is 5.32 Å². The molecule has 0 radical (unpaired) electrons. The van der Waals surface area contributed by atoms with Gasteiger partial charge in [-0.2, -0.15) is 5.10 Å². The number of pyridine rings is 1. The van der Waals surface area contributed by atoms with Crippen LogP contribution < -0.4 is 5.32 Å². The van der Waals surface area contributed by atoms with Crippen molar-refractivity contribution in [3.8, 4) is 11.3 Å². The number of nitrogens with zero attached hydrogens (tertiary/aromatic N) is 3. The van der Waals surface area contributed by atoms with Crippen molar-refractivity contribution in [3.63, 3.8) is 0 Å². The first-order valence-electron chi connectivity index (χ1n) is 8.81. The summed E-state index contributed by atoms with van der Waals surface area (Å²) < 4.78 is 24.0. The van der Waals surface area contributed by atoms with Gasteiger partial charge in [-0.25, -0.2) is 0 Å². The Hall–Kier alpha value is -2.21. The largest absolute Gasteiger partial charge is 0.387 e. The van der Waals surface area contributed by atoms with Gasteiger partial charge in [0.1, 0.15) is 0 Å². The Kier molecular flexibility index (Phi) is 3.04. The van der Waals surface area contributed by atoms with E-state index >= 15 is 0 Å². The number of carbonyl (C=O) groups is 1.